The Bertz CT molecular complexity index is 382. The molecule has 0 aliphatic rings. The van der Waals surface area contributed by atoms with Gasteiger partial charge in [-0.15, -0.1) is 11.6 Å². The standard InChI is InChI=1S/C9H9ClN2O3/c1-2-9(13)15-8-4-3-7(5-6-10)11-12(8)14/h2-4H,1,5-6H2. The smallest absolute Gasteiger partial charge is 0.413 e. The van der Waals surface area contributed by atoms with Crippen molar-refractivity contribution >= 4 is 17.6 Å². The van der Waals surface area contributed by atoms with Crippen molar-refractivity contribution < 1.29 is 14.4 Å². The molecule has 1 aromatic rings. The monoisotopic (exact) mass is 228 g/mol. The van der Waals surface area contributed by atoms with E-state index in [0.717, 1.165) is 6.08 Å². The normalized spacial score (nSPS) is 9.67. The summed E-state index contributed by atoms with van der Waals surface area (Å²) in [7, 11) is 0. The van der Waals surface area contributed by atoms with E-state index in [1.54, 1.807) is 6.07 Å². The van der Waals surface area contributed by atoms with Crippen LogP contribution >= 0.6 is 11.6 Å². The minimum Gasteiger partial charge on any atom is -0.591 e. The maximum Gasteiger partial charge on any atom is 0.413 e. The van der Waals surface area contributed by atoms with Gasteiger partial charge in [0.25, 0.3) is 0 Å². The zero-order valence-electron chi connectivity index (χ0n) is 7.85. The van der Waals surface area contributed by atoms with Crippen LogP contribution in [0.4, 0.5) is 0 Å². The zero-order chi connectivity index (χ0) is 11.3. The van der Waals surface area contributed by atoms with Crippen LogP contribution in [0.25, 0.3) is 0 Å². The number of hydrogen-bond acceptors (Lipinski definition) is 4. The molecule has 80 valence electrons. The Morgan fingerprint density at radius 2 is 2.47 bits per heavy atom. The van der Waals surface area contributed by atoms with Crippen LogP contribution in [0.15, 0.2) is 24.8 Å². The van der Waals surface area contributed by atoms with E-state index in [-0.39, 0.29) is 10.7 Å². The molecule has 1 aromatic heterocycles. The zero-order valence-corrected chi connectivity index (χ0v) is 8.61. The molecular weight excluding hydrogens is 220 g/mol. The molecule has 15 heavy (non-hydrogen) atoms. The lowest BCUT2D eigenvalue weighted by Crippen LogP contribution is -2.35. The summed E-state index contributed by atoms with van der Waals surface area (Å²) in [6, 6.07) is 2.94. The molecule has 1 heterocycles. The quantitative estimate of drug-likeness (QED) is 0.249. The van der Waals surface area contributed by atoms with Crippen LogP contribution in [0, 0.1) is 5.21 Å². The topological polar surface area (TPSA) is 66.1 Å². The van der Waals surface area contributed by atoms with Crippen molar-refractivity contribution in [3.05, 3.63) is 35.7 Å². The summed E-state index contributed by atoms with van der Waals surface area (Å²) < 4.78 is 4.63. The van der Waals surface area contributed by atoms with Gasteiger partial charge >= 0.3 is 11.8 Å². The SMILES string of the molecule is C=CC(=O)Oc1ccc(CCCl)n[n+]1[O-]. The van der Waals surface area contributed by atoms with Crippen molar-refractivity contribution in [3.8, 4) is 5.88 Å². The Morgan fingerprint density at radius 1 is 1.73 bits per heavy atom. The van der Waals surface area contributed by atoms with Crippen LogP contribution in [-0.4, -0.2) is 16.9 Å². The van der Waals surface area contributed by atoms with Gasteiger partial charge in [-0.25, -0.2) is 4.79 Å². The molecule has 1 rings (SSSR count). The number of hydrogen-bond donors (Lipinski definition) is 0. The van der Waals surface area contributed by atoms with E-state index in [1.807, 2.05) is 0 Å². The molecule has 0 radical (unpaired) electrons. The third-order valence-corrected chi connectivity index (χ3v) is 1.74. The van der Waals surface area contributed by atoms with Gasteiger partial charge in [-0.3, -0.25) is 0 Å². The van der Waals surface area contributed by atoms with Gasteiger partial charge < -0.3 is 9.94 Å². The Kier molecular flexibility index (Phi) is 4.05. The number of rotatable bonds is 4. The Hall–Kier alpha value is -1.62. The second kappa shape index (κ2) is 5.31. The fraction of sp³-hybridized carbons (Fsp3) is 0.222. The molecule has 0 saturated carbocycles. The maximum atomic E-state index is 11.2. The number of nitrogens with zero attached hydrogens (tertiary/aromatic N) is 2. The lowest BCUT2D eigenvalue weighted by molar-refractivity contribution is -0.673. The predicted molar refractivity (Wildman–Crippen MR) is 53.5 cm³/mol. The average Bonchev–Trinajstić information content (AvgIpc) is 2.22. The second-order valence-electron chi connectivity index (χ2n) is 2.60. The van der Waals surface area contributed by atoms with Gasteiger partial charge in [0.1, 0.15) is 5.69 Å². The number of ether oxygens (including phenoxy) is 1. The molecule has 6 heteroatoms. The summed E-state index contributed by atoms with van der Waals surface area (Å²) in [6.45, 7) is 3.21. The first-order chi connectivity index (χ1) is 7.17. The minimum absolute atomic E-state index is 0.182. The fourth-order valence-electron chi connectivity index (χ4n) is 0.878. The number of esters is 1. The predicted octanol–water partition coefficient (Wildman–Crippen LogP) is 0.588. The lowest BCUT2D eigenvalue weighted by Gasteiger charge is -2.01. The van der Waals surface area contributed by atoms with Crippen molar-refractivity contribution in [2.24, 2.45) is 0 Å². The Labute approximate surface area is 91.5 Å². The fourth-order valence-corrected chi connectivity index (χ4v) is 1.07. The summed E-state index contributed by atoms with van der Waals surface area (Å²) in [6.07, 6.45) is 1.45. The summed E-state index contributed by atoms with van der Waals surface area (Å²) in [5.41, 5.74) is 0.540. The average molecular weight is 229 g/mol. The highest BCUT2D eigenvalue weighted by atomic mass is 35.5. The third kappa shape index (κ3) is 3.21. The van der Waals surface area contributed by atoms with Gasteiger partial charge in [0.2, 0.25) is 0 Å². The van der Waals surface area contributed by atoms with E-state index in [1.165, 1.54) is 6.07 Å². The van der Waals surface area contributed by atoms with Crippen molar-refractivity contribution in [1.29, 1.82) is 0 Å². The van der Waals surface area contributed by atoms with Gasteiger partial charge in [-0.2, -0.15) is 0 Å². The number of carbonyl (C=O) groups excluding carboxylic acids is 1. The molecule has 0 unspecified atom stereocenters. The van der Waals surface area contributed by atoms with Gasteiger partial charge in [-0.05, 0) is 10.9 Å². The van der Waals surface area contributed by atoms with Gasteiger partial charge in [0.15, 0.2) is 0 Å². The molecule has 0 bridgehead atoms. The molecular formula is C9H9ClN2O3. The second-order valence-corrected chi connectivity index (χ2v) is 2.98. The van der Waals surface area contributed by atoms with Crippen molar-refractivity contribution in [2.75, 3.05) is 5.88 Å². The Morgan fingerprint density at radius 3 is 3.00 bits per heavy atom. The minimum atomic E-state index is -0.702. The first-order valence-electron chi connectivity index (χ1n) is 4.17. The van der Waals surface area contributed by atoms with Gasteiger partial charge in [0, 0.05) is 23.5 Å². The van der Waals surface area contributed by atoms with E-state index in [4.69, 9.17) is 11.6 Å². The Balaban J connectivity index is 2.83. The molecule has 0 fully saturated rings. The van der Waals surface area contributed by atoms with Crippen LogP contribution in [-0.2, 0) is 11.2 Å². The van der Waals surface area contributed by atoms with Crippen molar-refractivity contribution in [2.45, 2.75) is 6.42 Å². The molecule has 0 aromatic carbocycles. The summed E-state index contributed by atoms with van der Waals surface area (Å²) in [4.78, 5) is 11.0. The molecule has 5 nitrogen and oxygen atoms in total. The number of alkyl halides is 1. The molecule has 0 amide bonds. The van der Waals surface area contributed by atoms with Crippen molar-refractivity contribution in [3.63, 3.8) is 0 Å². The van der Waals surface area contributed by atoms with E-state index in [0.29, 0.717) is 18.0 Å². The van der Waals surface area contributed by atoms with Crippen LogP contribution in [0.1, 0.15) is 5.69 Å². The number of carbonyl (C=O) groups is 1. The van der Waals surface area contributed by atoms with Crippen LogP contribution in [0.2, 0.25) is 0 Å². The van der Waals surface area contributed by atoms with E-state index in [9.17, 15) is 10.0 Å². The molecule has 0 atom stereocenters. The maximum absolute atomic E-state index is 11.2. The first kappa shape index (κ1) is 11.5. The van der Waals surface area contributed by atoms with Crippen molar-refractivity contribution in [1.82, 2.24) is 5.10 Å². The van der Waals surface area contributed by atoms with Crippen LogP contribution in [0.3, 0.4) is 0 Å². The highest BCUT2D eigenvalue weighted by molar-refractivity contribution is 6.17. The van der Waals surface area contributed by atoms with Crippen LogP contribution in [0.5, 0.6) is 5.88 Å². The van der Waals surface area contributed by atoms with Crippen LogP contribution < -0.4 is 9.58 Å². The first-order valence-corrected chi connectivity index (χ1v) is 4.71. The molecule has 0 saturated heterocycles. The molecule has 0 aliphatic heterocycles. The number of aryl methyl sites for hydroxylation is 1. The van der Waals surface area contributed by atoms with E-state index in [2.05, 4.69) is 16.4 Å². The molecule has 0 aliphatic carbocycles. The summed E-state index contributed by atoms with van der Waals surface area (Å²) in [5.74, 6) is -0.511. The highest BCUT2D eigenvalue weighted by Crippen LogP contribution is 2.04. The third-order valence-electron chi connectivity index (χ3n) is 1.55. The van der Waals surface area contributed by atoms with E-state index >= 15 is 0 Å². The molecule has 0 N–H and O–H groups in total. The molecule has 0 spiro atoms. The number of halogens is 1. The highest BCUT2D eigenvalue weighted by Gasteiger charge is 2.12. The van der Waals surface area contributed by atoms with E-state index < -0.39 is 5.97 Å². The van der Waals surface area contributed by atoms with Gasteiger partial charge in [0.05, 0.1) is 6.07 Å². The largest absolute Gasteiger partial charge is 0.591 e. The summed E-state index contributed by atoms with van der Waals surface area (Å²) >= 11 is 5.49. The lowest BCUT2D eigenvalue weighted by atomic mass is 10.3. The number of aromatic nitrogens is 2. The van der Waals surface area contributed by atoms with Gasteiger partial charge in [-0.1, -0.05) is 6.58 Å². The summed E-state index contributed by atoms with van der Waals surface area (Å²) in [5, 5.41) is 14.8.